The molecular formula is C8H16N2OS. The highest BCUT2D eigenvalue weighted by molar-refractivity contribution is 8.00. The van der Waals surface area contributed by atoms with Crippen LogP contribution in [-0.2, 0) is 4.79 Å². The quantitative estimate of drug-likeness (QED) is 0.685. The van der Waals surface area contributed by atoms with Crippen molar-refractivity contribution in [2.24, 2.45) is 0 Å². The zero-order chi connectivity index (χ0) is 9.14. The predicted octanol–water partition coefficient (Wildman–Crippen LogP) is 0.516. The largest absolute Gasteiger partial charge is 0.349 e. The van der Waals surface area contributed by atoms with Crippen LogP contribution in [0.15, 0.2) is 0 Å². The molecule has 0 bridgehead atoms. The first-order chi connectivity index (χ1) is 5.59. The molecule has 0 aliphatic carbocycles. The molecular weight excluding hydrogens is 172 g/mol. The molecule has 0 spiro atoms. The maximum atomic E-state index is 11.3. The summed E-state index contributed by atoms with van der Waals surface area (Å²) < 4.78 is 0. The highest BCUT2D eigenvalue weighted by Gasteiger charge is 2.23. The Morgan fingerprint density at radius 2 is 2.33 bits per heavy atom. The van der Waals surface area contributed by atoms with Crippen LogP contribution in [0.5, 0.6) is 0 Å². The van der Waals surface area contributed by atoms with Gasteiger partial charge in [-0.3, -0.25) is 4.79 Å². The second kappa shape index (κ2) is 4.14. The van der Waals surface area contributed by atoms with Crippen molar-refractivity contribution < 1.29 is 4.79 Å². The van der Waals surface area contributed by atoms with E-state index in [0.717, 1.165) is 6.54 Å². The minimum atomic E-state index is 0.203. The van der Waals surface area contributed by atoms with Gasteiger partial charge in [-0.15, -0.1) is 11.8 Å². The van der Waals surface area contributed by atoms with Gasteiger partial charge >= 0.3 is 0 Å². The fraction of sp³-hybridized carbons (Fsp3) is 0.875. The Balaban J connectivity index is 2.28. The molecule has 1 aliphatic heterocycles. The molecule has 1 saturated heterocycles. The van der Waals surface area contributed by atoms with E-state index in [1.807, 2.05) is 11.8 Å². The first-order valence-electron chi connectivity index (χ1n) is 4.18. The third-order valence-corrected chi connectivity index (χ3v) is 3.18. The fourth-order valence-corrected chi connectivity index (χ4v) is 2.32. The number of nitrogens with zero attached hydrogens (tertiary/aromatic N) is 1. The summed E-state index contributed by atoms with van der Waals surface area (Å²) in [6.07, 6.45) is 0.613. The van der Waals surface area contributed by atoms with Gasteiger partial charge in [0.15, 0.2) is 0 Å². The molecule has 4 heteroatoms. The molecule has 1 fully saturated rings. The Hall–Kier alpha value is -0.220. The van der Waals surface area contributed by atoms with Crippen molar-refractivity contribution in [1.29, 1.82) is 0 Å². The SMILES string of the molecule is CC1CNC(CC(=O)N(C)C)S1. The first kappa shape index (κ1) is 9.86. The summed E-state index contributed by atoms with van der Waals surface area (Å²) in [5.74, 6) is 0.203. The fourth-order valence-electron chi connectivity index (χ4n) is 1.14. The molecule has 1 amide bonds. The van der Waals surface area contributed by atoms with Crippen molar-refractivity contribution >= 4 is 17.7 Å². The van der Waals surface area contributed by atoms with Crippen molar-refractivity contribution in [3.8, 4) is 0 Å². The van der Waals surface area contributed by atoms with E-state index < -0.39 is 0 Å². The van der Waals surface area contributed by atoms with E-state index in [4.69, 9.17) is 0 Å². The summed E-state index contributed by atoms with van der Waals surface area (Å²) in [4.78, 5) is 12.9. The molecule has 3 nitrogen and oxygen atoms in total. The Labute approximate surface area is 77.9 Å². The van der Waals surface area contributed by atoms with E-state index in [1.165, 1.54) is 0 Å². The molecule has 1 rings (SSSR count). The number of nitrogens with one attached hydrogen (secondary N) is 1. The van der Waals surface area contributed by atoms with Gasteiger partial charge < -0.3 is 10.2 Å². The van der Waals surface area contributed by atoms with Gasteiger partial charge in [-0.25, -0.2) is 0 Å². The average Bonchev–Trinajstić information content (AvgIpc) is 2.35. The molecule has 0 saturated carbocycles. The number of carbonyl (C=O) groups is 1. The molecule has 0 aromatic heterocycles. The van der Waals surface area contributed by atoms with Crippen molar-refractivity contribution in [2.45, 2.75) is 24.0 Å². The Kier molecular flexibility index (Phi) is 3.40. The number of carbonyl (C=O) groups excluding carboxylic acids is 1. The molecule has 2 unspecified atom stereocenters. The minimum absolute atomic E-state index is 0.203. The maximum Gasteiger partial charge on any atom is 0.224 e. The number of amides is 1. The Morgan fingerprint density at radius 3 is 2.75 bits per heavy atom. The van der Waals surface area contributed by atoms with Crippen molar-refractivity contribution in [1.82, 2.24) is 10.2 Å². The van der Waals surface area contributed by atoms with Gasteiger partial charge in [0.2, 0.25) is 5.91 Å². The number of rotatable bonds is 2. The van der Waals surface area contributed by atoms with E-state index in [-0.39, 0.29) is 5.91 Å². The monoisotopic (exact) mass is 188 g/mol. The molecule has 0 aromatic carbocycles. The first-order valence-corrected chi connectivity index (χ1v) is 5.13. The van der Waals surface area contributed by atoms with Crippen LogP contribution in [-0.4, -0.2) is 42.1 Å². The topological polar surface area (TPSA) is 32.3 Å². The Morgan fingerprint density at radius 1 is 1.67 bits per heavy atom. The smallest absolute Gasteiger partial charge is 0.224 e. The van der Waals surface area contributed by atoms with Gasteiger partial charge in [0.25, 0.3) is 0 Å². The minimum Gasteiger partial charge on any atom is -0.349 e. The maximum absolute atomic E-state index is 11.3. The highest BCUT2D eigenvalue weighted by atomic mass is 32.2. The average molecular weight is 188 g/mol. The molecule has 12 heavy (non-hydrogen) atoms. The molecule has 1 N–H and O–H groups in total. The lowest BCUT2D eigenvalue weighted by Crippen LogP contribution is -2.29. The normalized spacial score (nSPS) is 28.9. The van der Waals surface area contributed by atoms with Crippen LogP contribution in [0.2, 0.25) is 0 Å². The molecule has 70 valence electrons. The molecule has 0 radical (unpaired) electrons. The van der Waals surface area contributed by atoms with Crippen LogP contribution in [0.1, 0.15) is 13.3 Å². The van der Waals surface area contributed by atoms with Crippen LogP contribution < -0.4 is 5.32 Å². The van der Waals surface area contributed by atoms with Crippen molar-refractivity contribution in [2.75, 3.05) is 20.6 Å². The molecule has 0 aromatic rings. The lowest BCUT2D eigenvalue weighted by Gasteiger charge is -2.13. The summed E-state index contributed by atoms with van der Waals surface area (Å²) in [7, 11) is 3.59. The highest BCUT2D eigenvalue weighted by Crippen LogP contribution is 2.24. The third-order valence-electron chi connectivity index (χ3n) is 1.89. The summed E-state index contributed by atoms with van der Waals surface area (Å²) in [5.41, 5.74) is 0. The van der Waals surface area contributed by atoms with E-state index in [1.54, 1.807) is 19.0 Å². The molecule has 1 heterocycles. The van der Waals surface area contributed by atoms with Crippen LogP contribution in [0, 0.1) is 0 Å². The third kappa shape index (κ3) is 2.68. The number of hydrogen-bond donors (Lipinski definition) is 1. The van der Waals surface area contributed by atoms with Crippen molar-refractivity contribution in [3.63, 3.8) is 0 Å². The second-order valence-electron chi connectivity index (χ2n) is 3.34. The van der Waals surface area contributed by atoms with Gasteiger partial charge in [0, 0.05) is 25.9 Å². The van der Waals surface area contributed by atoms with Gasteiger partial charge in [-0.2, -0.15) is 0 Å². The van der Waals surface area contributed by atoms with E-state index in [9.17, 15) is 4.79 Å². The number of hydrogen-bond acceptors (Lipinski definition) is 3. The number of thioether (sulfide) groups is 1. The second-order valence-corrected chi connectivity index (χ2v) is 4.98. The summed E-state index contributed by atoms with van der Waals surface area (Å²) in [6.45, 7) is 3.20. The van der Waals surface area contributed by atoms with Gasteiger partial charge in [0.1, 0.15) is 0 Å². The molecule has 2 atom stereocenters. The van der Waals surface area contributed by atoms with E-state index in [2.05, 4.69) is 12.2 Å². The molecule has 1 aliphatic rings. The van der Waals surface area contributed by atoms with Crippen LogP contribution in [0.25, 0.3) is 0 Å². The van der Waals surface area contributed by atoms with Crippen LogP contribution >= 0.6 is 11.8 Å². The lowest BCUT2D eigenvalue weighted by molar-refractivity contribution is -0.128. The van der Waals surface area contributed by atoms with Crippen LogP contribution in [0.3, 0.4) is 0 Å². The van der Waals surface area contributed by atoms with Gasteiger partial charge in [0.05, 0.1) is 11.8 Å². The summed E-state index contributed by atoms with van der Waals surface area (Å²) in [6, 6.07) is 0. The van der Waals surface area contributed by atoms with Crippen LogP contribution in [0.4, 0.5) is 0 Å². The lowest BCUT2D eigenvalue weighted by atomic mass is 10.3. The standard InChI is InChI=1S/C8H16N2OS/c1-6-5-9-7(12-6)4-8(11)10(2)3/h6-7,9H,4-5H2,1-3H3. The van der Waals surface area contributed by atoms with Gasteiger partial charge in [-0.05, 0) is 0 Å². The Bertz CT molecular complexity index is 172. The summed E-state index contributed by atoms with van der Waals surface area (Å²) >= 11 is 1.85. The van der Waals surface area contributed by atoms with Gasteiger partial charge in [-0.1, -0.05) is 6.92 Å². The van der Waals surface area contributed by atoms with E-state index in [0.29, 0.717) is 17.0 Å². The zero-order valence-electron chi connectivity index (χ0n) is 7.83. The van der Waals surface area contributed by atoms with E-state index >= 15 is 0 Å². The summed E-state index contributed by atoms with van der Waals surface area (Å²) in [5, 5.41) is 4.28. The zero-order valence-corrected chi connectivity index (χ0v) is 8.65. The predicted molar refractivity (Wildman–Crippen MR) is 52.2 cm³/mol. The van der Waals surface area contributed by atoms with Crippen molar-refractivity contribution in [3.05, 3.63) is 0 Å².